The van der Waals surface area contributed by atoms with Crippen molar-refractivity contribution in [2.75, 3.05) is 0 Å². The zero-order valence-corrected chi connectivity index (χ0v) is 13.8. The van der Waals surface area contributed by atoms with E-state index in [9.17, 15) is 4.79 Å². The Morgan fingerprint density at radius 2 is 2.00 bits per heavy atom. The molecule has 0 aliphatic rings. The van der Waals surface area contributed by atoms with E-state index in [0.29, 0.717) is 11.1 Å². The molecule has 1 aromatic carbocycles. The number of carbonyl (C=O) groups is 1. The van der Waals surface area contributed by atoms with Gasteiger partial charge in [0.25, 0.3) is 5.24 Å². The summed E-state index contributed by atoms with van der Waals surface area (Å²) in [7, 11) is -1.40. The Kier molecular flexibility index (Phi) is 6.02. The van der Waals surface area contributed by atoms with E-state index in [4.69, 9.17) is 11.6 Å². The fourth-order valence-corrected chi connectivity index (χ4v) is 4.93. The molecule has 1 atom stereocenters. The molecule has 0 bridgehead atoms. The number of unbranched alkanes of at least 4 members (excludes halogenated alkanes) is 1. The normalized spacial score (nSPS) is 13.1. The van der Waals surface area contributed by atoms with Crippen LogP contribution in [0.4, 0.5) is 0 Å². The minimum absolute atomic E-state index is 0.345. The van der Waals surface area contributed by atoms with Crippen molar-refractivity contribution in [3.8, 4) is 0 Å². The summed E-state index contributed by atoms with van der Waals surface area (Å²) in [5.74, 6) is 0. The third-order valence-corrected chi connectivity index (χ3v) is 6.39. The van der Waals surface area contributed by atoms with Gasteiger partial charge in [-0.25, -0.2) is 0 Å². The van der Waals surface area contributed by atoms with E-state index in [1.54, 1.807) is 0 Å². The molecule has 0 aliphatic carbocycles. The smallest absolute Gasteiger partial charge is 0.252 e. The topological polar surface area (TPSA) is 17.1 Å². The van der Waals surface area contributed by atoms with Crippen LogP contribution in [-0.4, -0.2) is 13.3 Å². The maximum Gasteiger partial charge on any atom is 0.252 e. The first kappa shape index (κ1) is 16.2. The van der Waals surface area contributed by atoms with Crippen molar-refractivity contribution in [3.05, 3.63) is 48.0 Å². The number of rotatable bonds is 7. The number of carbonyl (C=O) groups excluding carboxylic acids is 1. The van der Waals surface area contributed by atoms with E-state index in [1.165, 1.54) is 0 Å². The van der Waals surface area contributed by atoms with Crippen molar-refractivity contribution in [2.45, 2.75) is 44.4 Å². The number of hydrogen-bond acceptors (Lipinski definition) is 1. The maximum absolute atomic E-state index is 11.6. The predicted molar refractivity (Wildman–Crippen MR) is 86.8 cm³/mol. The third kappa shape index (κ3) is 4.63. The van der Waals surface area contributed by atoms with Gasteiger partial charge in [0.2, 0.25) is 0 Å². The van der Waals surface area contributed by atoms with E-state index in [1.807, 2.05) is 24.3 Å². The summed E-state index contributed by atoms with van der Waals surface area (Å²) in [6.45, 7) is 10.8. The molecule has 0 heterocycles. The van der Waals surface area contributed by atoms with E-state index < -0.39 is 8.07 Å². The Hall–Kier alpha value is -0.863. The average Bonchev–Trinajstić information content (AvgIpc) is 2.33. The molecule has 1 unspecified atom stereocenters. The lowest BCUT2D eigenvalue weighted by Crippen LogP contribution is -2.32. The van der Waals surface area contributed by atoms with Crippen LogP contribution >= 0.6 is 11.6 Å². The van der Waals surface area contributed by atoms with Gasteiger partial charge in [0.15, 0.2) is 0 Å². The predicted octanol–water partition coefficient (Wildman–Crippen LogP) is 5.38. The summed E-state index contributed by atoms with van der Waals surface area (Å²) in [6.07, 6.45) is 5.20. The summed E-state index contributed by atoms with van der Waals surface area (Å²) in [5.41, 5.74) is 2.27. The van der Waals surface area contributed by atoms with Crippen LogP contribution in [0.3, 0.4) is 0 Å². The summed E-state index contributed by atoms with van der Waals surface area (Å²) in [5, 5.41) is -0.345. The first-order valence-corrected chi connectivity index (χ1v) is 10.7. The molecular weight excluding hydrogens is 272 g/mol. The van der Waals surface area contributed by atoms with Gasteiger partial charge in [0.1, 0.15) is 0 Å². The van der Waals surface area contributed by atoms with Gasteiger partial charge in [0.05, 0.1) is 8.07 Å². The zero-order valence-electron chi connectivity index (χ0n) is 12.1. The summed E-state index contributed by atoms with van der Waals surface area (Å²) >= 11 is 5.72. The highest BCUT2D eigenvalue weighted by Gasteiger charge is 2.30. The van der Waals surface area contributed by atoms with Crippen LogP contribution in [0, 0.1) is 0 Å². The molecule has 0 aromatic heterocycles. The second kappa shape index (κ2) is 7.06. The van der Waals surface area contributed by atoms with Crippen LogP contribution in [0.15, 0.2) is 36.9 Å². The number of allylic oxidation sites excluding steroid dienone is 1. The molecule has 1 rings (SSSR count). The molecule has 0 saturated carbocycles. The molecule has 0 spiro atoms. The van der Waals surface area contributed by atoms with Gasteiger partial charge in [-0.15, -0.1) is 6.58 Å². The van der Waals surface area contributed by atoms with Crippen LogP contribution in [0.5, 0.6) is 0 Å². The maximum atomic E-state index is 11.6. The van der Waals surface area contributed by atoms with Crippen LogP contribution in [0.2, 0.25) is 19.6 Å². The molecule has 0 fully saturated rings. The van der Waals surface area contributed by atoms with Crippen molar-refractivity contribution in [2.24, 2.45) is 0 Å². The average molecular weight is 295 g/mol. The number of hydrogen-bond donors (Lipinski definition) is 0. The van der Waals surface area contributed by atoms with Gasteiger partial charge < -0.3 is 0 Å². The largest absolute Gasteiger partial charge is 0.276 e. The molecule has 19 heavy (non-hydrogen) atoms. The molecular formula is C16H23ClOSi. The van der Waals surface area contributed by atoms with Gasteiger partial charge >= 0.3 is 0 Å². The fraction of sp³-hybridized carbons (Fsp3) is 0.438. The van der Waals surface area contributed by atoms with Gasteiger partial charge in [-0.3, -0.25) is 4.79 Å². The quantitative estimate of drug-likeness (QED) is 0.285. The lowest BCUT2D eigenvalue weighted by atomic mass is 10.0. The molecule has 0 radical (unpaired) electrons. The van der Waals surface area contributed by atoms with Crippen LogP contribution in [0.25, 0.3) is 0 Å². The van der Waals surface area contributed by atoms with E-state index in [2.05, 4.69) is 32.3 Å². The van der Waals surface area contributed by atoms with Crippen LogP contribution < -0.4 is 0 Å². The lowest BCUT2D eigenvalue weighted by Gasteiger charge is -2.30. The van der Waals surface area contributed by atoms with Crippen molar-refractivity contribution in [1.82, 2.24) is 0 Å². The van der Waals surface area contributed by atoms with Gasteiger partial charge in [0, 0.05) is 5.56 Å². The van der Waals surface area contributed by atoms with E-state index >= 15 is 0 Å². The third-order valence-electron chi connectivity index (χ3n) is 3.49. The first-order chi connectivity index (χ1) is 8.88. The minimum Gasteiger partial charge on any atom is -0.276 e. The molecule has 0 amide bonds. The molecule has 0 saturated heterocycles. The highest BCUT2D eigenvalue weighted by molar-refractivity contribution is 6.77. The molecule has 1 aromatic rings. The van der Waals surface area contributed by atoms with E-state index in [0.717, 1.165) is 24.8 Å². The van der Waals surface area contributed by atoms with Crippen molar-refractivity contribution in [3.63, 3.8) is 0 Å². The van der Waals surface area contributed by atoms with Crippen molar-refractivity contribution < 1.29 is 4.79 Å². The highest BCUT2D eigenvalue weighted by atomic mass is 35.5. The van der Waals surface area contributed by atoms with Crippen molar-refractivity contribution in [1.29, 1.82) is 0 Å². The monoisotopic (exact) mass is 294 g/mol. The number of benzene rings is 1. The van der Waals surface area contributed by atoms with E-state index in [-0.39, 0.29) is 5.24 Å². The summed E-state index contributed by atoms with van der Waals surface area (Å²) in [6, 6.07) is 7.78. The zero-order chi connectivity index (χ0) is 14.5. The van der Waals surface area contributed by atoms with Crippen LogP contribution in [-0.2, 0) is 0 Å². The van der Waals surface area contributed by atoms with Gasteiger partial charge in [-0.2, -0.15) is 0 Å². The van der Waals surface area contributed by atoms with Crippen molar-refractivity contribution >= 4 is 24.9 Å². The molecule has 3 heteroatoms. The molecule has 1 nitrogen and oxygen atoms in total. The van der Waals surface area contributed by atoms with Gasteiger partial charge in [-0.05, 0) is 48.0 Å². The van der Waals surface area contributed by atoms with Crippen LogP contribution in [0.1, 0.15) is 40.7 Å². The summed E-state index contributed by atoms with van der Waals surface area (Å²) in [4.78, 5) is 11.6. The lowest BCUT2D eigenvalue weighted by molar-refractivity contribution is 0.108. The second-order valence-corrected chi connectivity index (χ2v) is 11.8. The molecule has 0 aliphatic heterocycles. The number of halogens is 1. The summed E-state index contributed by atoms with van der Waals surface area (Å²) < 4.78 is 0. The Labute approximate surface area is 122 Å². The Morgan fingerprint density at radius 3 is 2.53 bits per heavy atom. The van der Waals surface area contributed by atoms with Gasteiger partial charge in [-0.1, -0.05) is 43.9 Å². The minimum atomic E-state index is -1.40. The molecule has 104 valence electrons. The SMILES string of the molecule is C=CCCCC(c1ccccc1C(=O)Cl)[Si](C)(C)C. The second-order valence-electron chi connectivity index (χ2n) is 6.00. The standard InChI is InChI=1S/C16H23ClOSi/c1-5-6-7-12-15(19(2,3)4)13-10-8-9-11-14(13)16(17)18/h5,8-11,15H,1,6-7,12H2,2-4H3. The first-order valence-electron chi connectivity index (χ1n) is 6.77. The Bertz CT molecular complexity index is 448. The fourth-order valence-electron chi connectivity index (χ4n) is 2.50. The Morgan fingerprint density at radius 1 is 1.37 bits per heavy atom. The molecule has 0 N–H and O–H groups in total. The Balaban J connectivity index is 3.10. The highest BCUT2D eigenvalue weighted by Crippen LogP contribution is 2.34.